The van der Waals surface area contributed by atoms with Gasteiger partial charge in [-0.15, -0.1) is 5.10 Å². The fourth-order valence-corrected chi connectivity index (χ4v) is 3.97. The molecule has 3 aromatic rings. The van der Waals surface area contributed by atoms with E-state index in [0.717, 1.165) is 16.2 Å². The number of azo groups is 1. The standard InChI is InChI=1S/C21H25F2N9O.C4H8F2/c1-12-15(29-25-4)5-6-16(26-12)14-7-10-32-18(14)19(24-3)28-20(30-32)27-17-8-9-31(13(2)33)11-21(17,22)23;1-4(2-5)3-6/h5-7,10,17H,8-9,11H2,1-4H3,(H2,24,27,28,30);4H,2-3H2,1H3. The minimum absolute atomic E-state index is 0.0674. The molecule has 1 atom stereocenters. The minimum atomic E-state index is -3.11. The molecule has 0 aliphatic carbocycles. The summed E-state index contributed by atoms with van der Waals surface area (Å²) in [4.78, 5) is 21.7. The van der Waals surface area contributed by atoms with Crippen molar-refractivity contribution in [2.45, 2.75) is 39.2 Å². The van der Waals surface area contributed by atoms with Crippen LogP contribution < -0.4 is 10.6 Å². The summed E-state index contributed by atoms with van der Waals surface area (Å²) in [5.41, 5.74) is 3.56. The number of aryl methyl sites for hydroxylation is 1. The third-order valence-electron chi connectivity index (χ3n) is 6.16. The molecule has 1 fully saturated rings. The van der Waals surface area contributed by atoms with Crippen LogP contribution >= 0.6 is 0 Å². The van der Waals surface area contributed by atoms with Gasteiger partial charge in [0.15, 0.2) is 5.82 Å². The number of nitrogens with one attached hydrogen (secondary N) is 2. The Morgan fingerprint density at radius 3 is 2.49 bits per heavy atom. The summed E-state index contributed by atoms with van der Waals surface area (Å²) in [5.74, 6) is -3.34. The lowest BCUT2D eigenvalue weighted by Gasteiger charge is -2.38. The van der Waals surface area contributed by atoms with E-state index in [2.05, 4.69) is 35.9 Å². The first-order chi connectivity index (χ1) is 18.5. The highest BCUT2D eigenvalue weighted by Gasteiger charge is 2.45. The van der Waals surface area contributed by atoms with Crippen LogP contribution in [-0.4, -0.2) is 82.9 Å². The van der Waals surface area contributed by atoms with Gasteiger partial charge < -0.3 is 15.5 Å². The van der Waals surface area contributed by atoms with E-state index in [0.29, 0.717) is 22.7 Å². The maximum absolute atomic E-state index is 14.7. The summed E-state index contributed by atoms with van der Waals surface area (Å²) in [6, 6.07) is 4.33. The van der Waals surface area contributed by atoms with E-state index >= 15 is 0 Å². The number of carbonyl (C=O) groups is 1. The van der Waals surface area contributed by atoms with Crippen LogP contribution in [0.15, 0.2) is 34.6 Å². The molecule has 0 radical (unpaired) electrons. The number of piperidine rings is 1. The first kappa shape index (κ1) is 29.7. The Kier molecular flexibility index (Phi) is 9.76. The molecule has 1 unspecified atom stereocenters. The van der Waals surface area contributed by atoms with Crippen molar-refractivity contribution in [2.75, 3.05) is 51.2 Å². The lowest BCUT2D eigenvalue weighted by molar-refractivity contribution is -0.140. The molecule has 1 aliphatic heterocycles. The van der Waals surface area contributed by atoms with Crippen molar-refractivity contribution in [3.05, 3.63) is 30.1 Å². The number of pyridine rings is 1. The van der Waals surface area contributed by atoms with Crippen molar-refractivity contribution in [2.24, 2.45) is 16.1 Å². The summed E-state index contributed by atoms with van der Waals surface area (Å²) in [7, 11) is 3.30. The zero-order valence-corrected chi connectivity index (χ0v) is 22.6. The lowest BCUT2D eigenvalue weighted by atomic mass is 10.0. The predicted octanol–water partition coefficient (Wildman–Crippen LogP) is 5.08. The summed E-state index contributed by atoms with van der Waals surface area (Å²) < 4.78 is 53.2. The zero-order chi connectivity index (χ0) is 28.7. The first-order valence-electron chi connectivity index (χ1n) is 12.4. The summed E-state index contributed by atoms with van der Waals surface area (Å²) in [6.45, 7) is 3.19. The molecule has 1 saturated heterocycles. The number of carbonyl (C=O) groups excluding carboxylic acids is 1. The molecule has 3 aromatic heterocycles. The Balaban J connectivity index is 0.000000631. The Morgan fingerprint density at radius 1 is 1.23 bits per heavy atom. The van der Waals surface area contributed by atoms with E-state index < -0.39 is 37.8 Å². The molecule has 14 heteroatoms. The largest absolute Gasteiger partial charge is 0.371 e. The van der Waals surface area contributed by atoms with Gasteiger partial charge in [0.05, 0.1) is 37.3 Å². The van der Waals surface area contributed by atoms with Gasteiger partial charge in [0, 0.05) is 45.2 Å². The van der Waals surface area contributed by atoms with Crippen LogP contribution in [0.5, 0.6) is 0 Å². The van der Waals surface area contributed by atoms with Gasteiger partial charge in [0.1, 0.15) is 11.2 Å². The number of hydrogen-bond acceptors (Lipinski definition) is 8. The third-order valence-corrected chi connectivity index (χ3v) is 6.16. The highest BCUT2D eigenvalue weighted by atomic mass is 19.3. The van der Waals surface area contributed by atoms with Crippen LogP contribution in [0.25, 0.3) is 16.8 Å². The molecule has 0 aromatic carbocycles. The van der Waals surface area contributed by atoms with E-state index in [9.17, 15) is 22.4 Å². The van der Waals surface area contributed by atoms with Gasteiger partial charge >= 0.3 is 0 Å². The van der Waals surface area contributed by atoms with E-state index in [1.165, 1.54) is 13.8 Å². The lowest BCUT2D eigenvalue weighted by Crippen LogP contribution is -2.55. The van der Waals surface area contributed by atoms with Crippen molar-refractivity contribution in [1.82, 2.24) is 24.5 Å². The second-order valence-electron chi connectivity index (χ2n) is 9.26. The average molecular weight is 552 g/mol. The second-order valence-corrected chi connectivity index (χ2v) is 9.26. The van der Waals surface area contributed by atoms with E-state index in [1.54, 1.807) is 24.8 Å². The van der Waals surface area contributed by atoms with Gasteiger partial charge in [0.25, 0.3) is 5.92 Å². The quantitative estimate of drug-likeness (QED) is 0.313. The number of aromatic nitrogens is 4. The van der Waals surface area contributed by atoms with Gasteiger partial charge in [-0.05, 0) is 31.5 Å². The van der Waals surface area contributed by atoms with E-state index in [4.69, 9.17) is 0 Å². The summed E-state index contributed by atoms with van der Waals surface area (Å²) >= 11 is 0. The van der Waals surface area contributed by atoms with Crippen LogP contribution in [0.4, 0.5) is 35.0 Å². The number of halogens is 4. The highest BCUT2D eigenvalue weighted by molar-refractivity contribution is 5.87. The Bertz CT molecular complexity index is 1310. The van der Waals surface area contributed by atoms with Crippen LogP contribution in [0.2, 0.25) is 0 Å². The zero-order valence-electron chi connectivity index (χ0n) is 22.6. The summed E-state index contributed by atoms with van der Waals surface area (Å²) in [6.07, 6.45) is 1.82. The SMILES string of the molecule is CC(CF)CF.CN=Nc1ccc(-c2ccn3nc(NC4CCN(C(C)=O)CC4(F)F)nc(NC)c23)nc1C. The highest BCUT2D eigenvalue weighted by Crippen LogP contribution is 2.33. The van der Waals surface area contributed by atoms with Crippen LogP contribution in [0.1, 0.15) is 26.0 Å². The molecule has 0 spiro atoms. The van der Waals surface area contributed by atoms with Crippen molar-refractivity contribution >= 4 is 28.9 Å². The molecular formula is C25H33F4N9O. The van der Waals surface area contributed by atoms with Gasteiger partial charge in [-0.25, -0.2) is 13.3 Å². The molecule has 4 rings (SSSR count). The molecule has 0 bridgehead atoms. The Morgan fingerprint density at radius 2 is 1.95 bits per heavy atom. The molecule has 2 N–H and O–H groups in total. The first-order valence-corrected chi connectivity index (χ1v) is 12.4. The molecule has 10 nitrogen and oxygen atoms in total. The number of amides is 1. The Labute approximate surface area is 223 Å². The van der Waals surface area contributed by atoms with E-state index in [1.807, 2.05) is 25.1 Å². The molecular weight excluding hydrogens is 518 g/mol. The molecule has 39 heavy (non-hydrogen) atoms. The number of rotatable bonds is 7. The van der Waals surface area contributed by atoms with E-state index in [-0.39, 0.29) is 24.8 Å². The van der Waals surface area contributed by atoms with Crippen LogP contribution in [0.3, 0.4) is 0 Å². The molecule has 212 valence electrons. The van der Waals surface area contributed by atoms with Crippen LogP contribution in [-0.2, 0) is 4.79 Å². The second kappa shape index (κ2) is 12.8. The predicted molar refractivity (Wildman–Crippen MR) is 141 cm³/mol. The maximum Gasteiger partial charge on any atom is 0.285 e. The summed E-state index contributed by atoms with van der Waals surface area (Å²) in [5, 5.41) is 18.0. The topological polar surface area (TPSA) is 112 Å². The van der Waals surface area contributed by atoms with Crippen molar-refractivity contribution < 1.29 is 22.4 Å². The van der Waals surface area contributed by atoms with Gasteiger partial charge in [-0.1, -0.05) is 6.92 Å². The third kappa shape index (κ3) is 6.98. The number of likely N-dealkylation sites (tertiary alicyclic amines) is 1. The minimum Gasteiger partial charge on any atom is -0.371 e. The molecule has 4 heterocycles. The molecule has 1 amide bonds. The van der Waals surface area contributed by atoms with Crippen LogP contribution in [0, 0.1) is 12.8 Å². The Hall–Kier alpha value is -3.84. The maximum atomic E-state index is 14.7. The van der Waals surface area contributed by atoms with Gasteiger partial charge in [-0.3, -0.25) is 18.6 Å². The van der Waals surface area contributed by atoms with Gasteiger partial charge in [-0.2, -0.15) is 15.2 Å². The number of alkyl halides is 4. The normalized spacial score (nSPS) is 16.9. The molecule has 0 saturated carbocycles. The van der Waals surface area contributed by atoms with Gasteiger partial charge in [0.2, 0.25) is 11.9 Å². The van der Waals surface area contributed by atoms with Crippen molar-refractivity contribution in [3.63, 3.8) is 0 Å². The monoisotopic (exact) mass is 551 g/mol. The molecule has 1 aliphatic rings. The fourth-order valence-electron chi connectivity index (χ4n) is 3.97. The number of anilines is 2. The number of hydrogen-bond donors (Lipinski definition) is 2. The van der Waals surface area contributed by atoms with Crippen molar-refractivity contribution in [1.29, 1.82) is 0 Å². The number of fused-ring (bicyclic) bond motifs is 1. The van der Waals surface area contributed by atoms with Crippen molar-refractivity contribution in [3.8, 4) is 11.3 Å². The smallest absolute Gasteiger partial charge is 0.285 e. The average Bonchev–Trinajstić information content (AvgIpc) is 3.34. The number of nitrogens with zero attached hydrogens (tertiary/aromatic N) is 7. The fraction of sp³-hybridized carbons (Fsp3) is 0.520.